The van der Waals surface area contributed by atoms with E-state index < -0.39 is 0 Å². The number of aryl methyl sites for hydroxylation is 1. The number of rotatable bonds is 7. The molecule has 33 heavy (non-hydrogen) atoms. The number of carbonyl (C=O) groups excluding carboxylic acids is 1. The van der Waals surface area contributed by atoms with E-state index in [1.165, 1.54) is 18.2 Å². The summed E-state index contributed by atoms with van der Waals surface area (Å²) in [5.74, 6) is 2.18. The third-order valence-electron chi connectivity index (χ3n) is 6.00. The molecule has 0 bridgehead atoms. The number of nitrogens with zero attached hydrogens (tertiary/aromatic N) is 5. The first-order valence-corrected chi connectivity index (χ1v) is 12.3. The van der Waals surface area contributed by atoms with Crippen LogP contribution >= 0.6 is 11.8 Å². The van der Waals surface area contributed by atoms with Crippen molar-refractivity contribution in [1.82, 2.24) is 25.1 Å². The summed E-state index contributed by atoms with van der Waals surface area (Å²) in [7, 11) is 0. The monoisotopic (exact) mass is 464 g/mol. The zero-order valence-electron chi connectivity index (χ0n) is 18.9. The van der Waals surface area contributed by atoms with Crippen LogP contribution in [-0.4, -0.2) is 44.1 Å². The van der Waals surface area contributed by atoms with Gasteiger partial charge in [-0.25, -0.2) is 0 Å². The molecule has 10 heteroatoms. The summed E-state index contributed by atoms with van der Waals surface area (Å²) in [6.45, 7) is 5.89. The number of hydrogen-bond acceptors (Lipinski definition) is 8. The number of carbonyl (C=O) groups is 1. The lowest BCUT2D eigenvalue weighted by Gasteiger charge is -2.26. The van der Waals surface area contributed by atoms with E-state index in [0.717, 1.165) is 66.4 Å². The number of hydrogen-bond donors (Lipinski definition) is 3. The lowest BCUT2D eigenvalue weighted by Crippen LogP contribution is -2.31. The molecule has 3 N–H and O–H groups in total. The van der Waals surface area contributed by atoms with Crippen LogP contribution in [0.2, 0.25) is 0 Å². The maximum absolute atomic E-state index is 12.0. The molecule has 1 saturated carbocycles. The lowest BCUT2D eigenvalue weighted by atomic mass is 10.1. The van der Waals surface area contributed by atoms with Crippen molar-refractivity contribution in [3.8, 4) is 0 Å². The predicted molar refractivity (Wildman–Crippen MR) is 129 cm³/mol. The Bertz CT molecular complexity index is 1140. The van der Waals surface area contributed by atoms with Gasteiger partial charge in [-0.15, -0.1) is 0 Å². The molecule has 1 amide bonds. The van der Waals surface area contributed by atoms with Gasteiger partial charge in [0.15, 0.2) is 11.0 Å². The van der Waals surface area contributed by atoms with Gasteiger partial charge in [0, 0.05) is 40.8 Å². The molecule has 2 aromatic heterocycles. The summed E-state index contributed by atoms with van der Waals surface area (Å²) in [4.78, 5) is 29.3. The smallest absolute Gasteiger partial charge is 0.234 e. The summed E-state index contributed by atoms with van der Waals surface area (Å²) >= 11 is 1.48. The maximum Gasteiger partial charge on any atom is 0.234 e. The minimum Gasteiger partial charge on any atom is -0.341 e. The van der Waals surface area contributed by atoms with E-state index in [-0.39, 0.29) is 11.8 Å². The maximum atomic E-state index is 12.0. The van der Waals surface area contributed by atoms with Gasteiger partial charge in [-0.3, -0.25) is 9.89 Å². The minimum atomic E-state index is 0.110. The Kier molecular flexibility index (Phi) is 6.17. The number of aromatic nitrogens is 5. The van der Waals surface area contributed by atoms with Gasteiger partial charge in [0.1, 0.15) is 0 Å². The quantitative estimate of drug-likeness (QED) is 0.470. The van der Waals surface area contributed by atoms with Gasteiger partial charge in [0.25, 0.3) is 0 Å². The van der Waals surface area contributed by atoms with Crippen molar-refractivity contribution in [2.75, 3.05) is 28.6 Å². The first-order valence-electron chi connectivity index (χ1n) is 11.4. The Morgan fingerprint density at radius 3 is 2.48 bits per heavy atom. The van der Waals surface area contributed by atoms with E-state index in [1.807, 2.05) is 38.1 Å². The van der Waals surface area contributed by atoms with E-state index >= 15 is 0 Å². The van der Waals surface area contributed by atoms with Gasteiger partial charge in [-0.1, -0.05) is 0 Å². The molecule has 1 aliphatic heterocycles. The van der Waals surface area contributed by atoms with Gasteiger partial charge in [-0.05, 0) is 82.0 Å². The van der Waals surface area contributed by atoms with Crippen LogP contribution in [0.5, 0.6) is 0 Å². The number of amides is 1. The zero-order chi connectivity index (χ0) is 22.8. The number of H-pyrrole nitrogens is 1. The molecule has 1 saturated heterocycles. The normalized spacial score (nSPS) is 16.0. The molecule has 172 valence electrons. The van der Waals surface area contributed by atoms with Crippen LogP contribution in [0, 0.1) is 19.8 Å². The molecule has 5 rings (SSSR count). The van der Waals surface area contributed by atoms with Crippen molar-refractivity contribution < 1.29 is 4.79 Å². The van der Waals surface area contributed by atoms with Crippen LogP contribution in [0.15, 0.2) is 34.3 Å². The molecule has 3 heterocycles. The number of nitrogens with one attached hydrogen (secondary N) is 3. The molecule has 2 fully saturated rings. The van der Waals surface area contributed by atoms with E-state index in [2.05, 4.69) is 30.7 Å². The van der Waals surface area contributed by atoms with E-state index in [9.17, 15) is 4.79 Å². The third kappa shape index (κ3) is 5.27. The van der Waals surface area contributed by atoms with Crippen LogP contribution in [0.25, 0.3) is 0 Å². The predicted octanol–water partition coefficient (Wildman–Crippen LogP) is 4.45. The highest BCUT2D eigenvalue weighted by Crippen LogP contribution is 2.32. The first-order chi connectivity index (χ1) is 16.0. The highest BCUT2D eigenvalue weighted by molar-refractivity contribution is 7.99. The Morgan fingerprint density at radius 1 is 1.06 bits per heavy atom. The summed E-state index contributed by atoms with van der Waals surface area (Å²) in [5.41, 5.74) is 2.85. The van der Waals surface area contributed by atoms with Crippen LogP contribution < -0.4 is 15.5 Å². The highest BCUT2D eigenvalue weighted by Gasteiger charge is 2.29. The lowest BCUT2D eigenvalue weighted by molar-refractivity contribution is -0.117. The Hall–Kier alpha value is -3.14. The molecule has 0 unspecified atom stereocenters. The molecular formula is C23H28N8OS. The van der Waals surface area contributed by atoms with Crippen molar-refractivity contribution in [2.45, 2.75) is 56.0 Å². The number of anilines is 4. The fraction of sp³-hybridized carbons (Fsp3) is 0.435. The second kappa shape index (κ2) is 9.38. The number of piperidine rings is 1. The average molecular weight is 465 g/mol. The molecule has 1 aromatic carbocycles. The molecule has 1 aliphatic carbocycles. The summed E-state index contributed by atoms with van der Waals surface area (Å²) in [6, 6.07) is 7.80. The summed E-state index contributed by atoms with van der Waals surface area (Å²) in [6.07, 6.45) is 5.51. The Balaban J connectivity index is 1.36. The van der Waals surface area contributed by atoms with Gasteiger partial charge in [0.2, 0.25) is 17.8 Å². The van der Waals surface area contributed by atoms with Crippen molar-refractivity contribution in [2.24, 2.45) is 5.92 Å². The second-order valence-electron chi connectivity index (χ2n) is 8.63. The molecule has 3 aromatic rings. The number of benzene rings is 1. The topological polar surface area (TPSA) is 112 Å². The Labute approximate surface area is 197 Å². The van der Waals surface area contributed by atoms with Crippen LogP contribution in [0.3, 0.4) is 0 Å². The standard InChI is InChI=1S/C23H28N8OS/c1-14-15(2)29-30-19(14)25-21-26-22(31-12-4-3-5-13-31)28-23(27-21)33-18-10-8-17(9-11-18)24-20(32)16-6-7-16/h8-11,16H,3-7,12-13H2,1-2H3,(H,24,32)(H2,25,26,27,28,29,30). The zero-order valence-corrected chi connectivity index (χ0v) is 19.7. The fourth-order valence-corrected chi connectivity index (χ4v) is 4.44. The van der Waals surface area contributed by atoms with Gasteiger partial charge < -0.3 is 15.5 Å². The molecule has 0 radical (unpaired) electrons. The third-order valence-corrected chi connectivity index (χ3v) is 6.88. The van der Waals surface area contributed by atoms with Crippen molar-refractivity contribution in [1.29, 1.82) is 0 Å². The average Bonchev–Trinajstić information content (AvgIpc) is 3.64. The second-order valence-corrected chi connectivity index (χ2v) is 9.67. The van der Waals surface area contributed by atoms with E-state index in [0.29, 0.717) is 17.1 Å². The van der Waals surface area contributed by atoms with Crippen LogP contribution in [0.4, 0.5) is 23.4 Å². The van der Waals surface area contributed by atoms with Crippen LogP contribution in [-0.2, 0) is 4.79 Å². The minimum absolute atomic E-state index is 0.110. The van der Waals surface area contributed by atoms with Crippen molar-refractivity contribution in [3.63, 3.8) is 0 Å². The van der Waals surface area contributed by atoms with Crippen LogP contribution in [0.1, 0.15) is 43.4 Å². The largest absolute Gasteiger partial charge is 0.341 e. The molecular weight excluding hydrogens is 436 g/mol. The number of aromatic amines is 1. The SMILES string of the molecule is Cc1[nH]nc(Nc2nc(Sc3ccc(NC(=O)C4CC4)cc3)nc(N3CCCCC3)n2)c1C. The fourth-order valence-electron chi connectivity index (χ4n) is 3.70. The van der Waals surface area contributed by atoms with Gasteiger partial charge in [0.05, 0.1) is 0 Å². The first kappa shape index (κ1) is 21.7. The molecule has 9 nitrogen and oxygen atoms in total. The van der Waals surface area contributed by atoms with Gasteiger partial charge >= 0.3 is 0 Å². The van der Waals surface area contributed by atoms with Crippen molar-refractivity contribution in [3.05, 3.63) is 35.5 Å². The molecule has 2 aliphatic rings. The van der Waals surface area contributed by atoms with E-state index in [1.54, 1.807) is 0 Å². The van der Waals surface area contributed by atoms with Crippen molar-refractivity contribution >= 4 is 41.1 Å². The Morgan fingerprint density at radius 2 is 1.82 bits per heavy atom. The molecule has 0 atom stereocenters. The van der Waals surface area contributed by atoms with E-state index in [4.69, 9.17) is 9.97 Å². The highest BCUT2D eigenvalue weighted by atomic mass is 32.2. The summed E-state index contributed by atoms with van der Waals surface area (Å²) < 4.78 is 0. The molecule has 0 spiro atoms. The summed E-state index contributed by atoms with van der Waals surface area (Å²) in [5, 5.41) is 14.2. The van der Waals surface area contributed by atoms with Gasteiger partial charge in [-0.2, -0.15) is 20.1 Å².